The van der Waals surface area contributed by atoms with E-state index in [1.807, 2.05) is 0 Å². The molecule has 11 rings (SSSR count). The van der Waals surface area contributed by atoms with Gasteiger partial charge in [-0.05, 0) is 95.2 Å². The summed E-state index contributed by atoms with van der Waals surface area (Å²) >= 11 is 0. The second-order valence-corrected chi connectivity index (χ2v) is 14.5. The first kappa shape index (κ1) is 31.4. The first-order valence-corrected chi connectivity index (χ1v) is 19.1. The quantitative estimate of drug-likeness (QED) is 0.171. The highest BCUT2D eigenvalue weighted by Gasteiger charge is 2.36. The Kier molecular flexibility index (Phi) is 7.31. The number of rotatable bonds is 6. The Balaban J connectivity index is 1.07. The van der Waals surface area contributed by atoms with Crippen molar-refractivity contribution in [2.24, 2.45) is 0 Å². The molecule has 1 unspecified atom stereocenters. The lowest BCUT2D eigenvalue weighted by molar-refractivity contribution is 0.820. The zero-order valence-electron chi connectivity index (χ0n) is 30.3. The molecule has 1 atom stereocenters. The monoisotopic (exact) mass is 703 g/mol. The fourth-order valence-corrected chi connectivity index (χ4v) is 8.99. The summed E-state index contributed by atoms with van der Waals surface area (Å²) in [7, 11) is 0. The molecule has 3 heteroatoms. The summed E-state index contributed by atoms with van der Waals surface area (Å²) in [4.78, 5) is 4.95. The number of hydrogen-bond donors (Lipinski definition) is 0. The van der Waals surface area contributed by atoms with Crippen molar-refractivity contribution in [2.75, 3.05) is 9.80 Å². The van der Waals surface area contributed by atoms with E-state index < -0.39 is 0 Å². The number of allylic oxidation sites excluding steroid dienone is 1. The molecule has 9 aromatic rings. The Morgan fingerprint density at radius 1 is 0.491 bits per heavy atom. The lowest BCUT2D eigenvalue weighted by Crippen LogP contribution is -2.29. The SMILES string of the molecule is C1=C2c3ccccc3N(c3ccccc3)C2CC=C1N(c1ccc(-n2c3ccccc3c3ccc4ccccc4c32)cc1)c1cccc(-c2ccccc2)c1. The molecule has 0 bridgehead atoms. The summed E-state index contributed by atoms with van der Waals surface area (Å²) in [5.74, 6) is 0. The van der Waals surface area contributed by atoms with E-state index in [1.165, 1.54) is 71.9 Å². The molecule has 2 heterocycles. The van der Waals surface area contributed by atoms with E-state index in [0.29, 0.717) is 0 Å². The van der Waals surface area contributed by atoms with Crippen LogP contribution in [0.2, 0.25) is 0 Å². The molecule has 8 aromatic carbocycles. The zero-order chi connectivity index (χ0) is 36.3. The average molecular weight is 704 g/mol. The maximum Gasteiger partial charge on any atom is 0.0634 e. The van der Waals surface area contributed by atoms with Crippen molar-refractivity contribution in [3.63, 3.8) is 0 Å². The van der Waals surface area contributed by atoms with Gasteiger partial charge in [0.1, 0.15) is 0 Å². The van der Waals surface area contributed by atoms with Crippen LogP contribution >= 0.6 is 0 Å². The molecule has 1 aromatic heterocycles. The molecule has 1 aliphatic heterocycles. The molecule has 0 amide bonds. The third-order valence-electron chi connectivity index (χ3n) is 11.4. The van der Waals surface area contributed by atoms with E-state index in [0.717, 1.165) is 23.5 Å². The first-order valence-electron chi connectivity index (χ1n) is 19.1. The molecule has 0 fully saturated rings. The molecule has 260 valence electrons. The Morgan fingerprint density at radius 3 is 2.05 bits per heavy atom. The van der Waals surface area contributed by atoms with E-state index in [-0.39, 0.29) is 6.04 Å². The zero-order valence-corrected chi connectivity index (χ0v) is 30.3. The van der Waals surface area contributed by atoms with Crippen LogP contribution in [0.15, 0.2) is 212 Å². The van der Waals surface area contributed by atoms with Crippen LogP contribution < -0.4 is 9.80 Å². The number of hydrogen-bond acceptors (Lipinski definition) is 2. The molecular weight excluding hydrogens is 667 g/mol. The summed E-state index contributed by atoms with van der Waals surface area (Å²) < 4.78 is 2.44. The van der Waals surface area contributed by atoms with E-state index >= 15 is 0 Å². The van der Waals surface area contributed by atoms with Crippen molar-refractivity contribution in [3.05, 3.63) is 218 Å². The second-order valence-electron chi connectivity index (χ2n) is 14.5. The van der Waals surface area contributed by atoms with Gasteiger partial charge in [-0.3, -0.25) is 0 Å². The summed E-state index contributed by atoms with van der Waals surface area (Å²) in [5.41, 5.74) is 14.6. The molecule has 0 N–H and O–H groups in total. The number of anilines is 4. The predicted octanol–water partition coefficient (Wildman–Crippen LogP) is 13.6. The van der Waals surface area contributed by atoms with Crippen molar-refractivity contribution in [1.82, 2.24) is 4.57 Å². The average Bonchev–Trinajstić information content (AvgIpc) is 3.78. The van der Waals surface area contributed by atoms with Crippen LogP contribution in [-0.4, -0.2) is 10.6 Å². The van der Waals surface area contributed by atoms with Gasteiger partial charge >= 0.3 is 0 Å². The predicted molar refractivity (Wildman–Crippen MR) is 232 cm³/mol. The van der Waals surface area contributed by atoms with Crippen LogP contribution in [0.4, 0.5) is 22.7 Å². The molecule has 55 heavy (non-hydrogen) atoms. The molecule has 3 nitrogen and oxygen atoms in total. The van der Waals surface area contributed by atoms with Gasteiger partial charge in [0.25, 0.3) is 0 Å². The highest BCUT2D eigenvalue weighted by Crippen LogP contribution is 2.49. The Labute approximate surface area is 320 Å². The Hall–Kier alpha value is -7.10. The van der Waals surface area contributed by atoms with Gasteiger partial charge in [-0.1, -0.05) is 140 Å². The van der Waals surface area contributed by atoms with Gasteiger partial charge in [0.05, 0.1) is 17.1 Å². The topological polar surface area (TPSA) is 11.4 Å². The fraction of sp³-hybridized carbons (Fsp3) is 0.0385. The largest absolute Gasteiger partial charge is 0.333 e. The van der Waals surface area contributed by atoms with Crippen LogP contribution in [0.5, 0.6) is 0 Å². The first-order chi connectivity index (χ1) is 27.3. The second kappa shape index (κ2) is 12.8. The highest BCUT2D eigenvalue weighted by molar-refractivity contribution is 6.18. The van der Waals surface area contributed by atoms with E-state index in [4.69, 9.17) is 0 Å². The van der Waals surface area contributed by atoms with Crippen LogP contribution in [0.25, 0.3) is 55.0 Å². The lowest BCUT2D eigenvalue weighted by Gasteiger charge is -2.33. The number of para-hydroxylation sites is 3. The third kappa shape index (κ3) is 5.12. The maximum atomic E-state index is 2.51. The van der Waals surface area contributed by atoms with Crippen molar-refractivity contribution < 1.29 is 0 Å². The van der Waals surface area contributed by atoms with Gasteiger partial charge in [0, 0.05) is 55.9 Å². The third-order valence-corrected chi connectivity index (χ3v) is 11.4. The Bertz CT molecular complexity index is 2950. The van der Waals surface area contributed by atoms with E-state index in [9.17, 15) is 0 Å². The normalized spacial score (nSPS) is 14.8. The molecule has 0 saturated carbocycles. The summed E-state index contributed by atoms with van der Waals surface area (Å²) in [6.45, 7) is 0. The van der Waals surface area contributed by atoms with Gasteiger partial charge in [-0.2, -0.15) is 0 Å². The van der Waals surface area contributed by atoms with Gasteiger partial charge in [0.15, 0.2) is 0 Å². The van der Waals surface area contributed by atoms with Crippen LogP contribution in [0.1, 0.15) is 12.0 Å². The van der Waals surface area contributed by atoms with E-state index in [2.05, 4.69) is 221 Å². The van der Waals surface area contributed by atoms with Crippen LogP contribution in [-0.2, 0) is 0 Å². The minimum atomic E-state index is 0.230. The molecule has 0 saturated heterocycles. The van der Waals surface area contributed by atoms with Gasteiger partial charge in [-0.15, -0.1) is 0 Å². The Morgan fingerprint density at radius 2 is 1.20 bits per heavy atom. The molecule has 1 aliphatic carbocycles. The maximum absolute atomic E-state index is 2.51. The number of nitrogens with zero attached hydrogens (tertiary/aromatic N) is 3. The molecule has 0 radical (unpaired) electrons. The number of aromatic nitrogens is 1. The summed E-state index contributed by atoms with van der Waals surface area (Å²) in [6.07, 6.45) is 5.75. The number of fused-ring (bicyclic) bond motifs is 8. The van der Waals surface area contributed by atoms with Gasteiger partial charge in [0.2, 0.25) is 0 Å². The molecule has 0 spiro atoms. The number of benzene rings is 8. The summed E-state index contributed by atoms with van der Waals surface area (Å²) in [5, 5.41) is 5.04. The molecule has 2 aliphatic rings. The minimum Gasteiger partial charge on any atom is -0.333 e. The smallest absolute Gasteiger partial charge is 0.0634 e. The minimum absolute atomic E-state index is 0.230. The fourth-order valence-electron chi connectivity index (χ4n) is 8.99. The summed E-state index contributed by atoms with van der Waals surface area (Å²) in [6, 6.07) is 70.7. The molecular formula is C52H37N3. The van der Waals surface area contributed by atoms with Crippen LogP contribution in [0, 0.1) is 0 Å². The van der Waals surface area contributed by atoms with Crippen molar-refractivity contribution in [2.45, 2.75) is 12.5 Å². The van der Waals surface area contributed by atoms with Gasteiger partial charge < -0.3 is 14.4 Å². The van der Waals surface area contributed by atoms with Crippen LogP contribution in [0.3, 0.4) is 0 Å². The van der Waals surface area contributed by atoms with E-state index in [1.54, 1.807) is 0 Å². The standard InChI is InChI=1S/C52H37N3/c1-3-14-36(15-4-1)38-17-13-20-42(34-38)53(43-31-33-51-48(35-43)46-23-10-11-24-49(46)54(51)39-18-5-2-6-19-39)40-27-29-41(30-28-40)55-50-25-12-9-22-45(50)47-32-26-37-16-7-8-21-44(37)52(47)55/h1-32,34-35,51H,33H2. The van der Waals surface area contributed by atoms with Crippen molar-refractivity contribution in [3.8, 4) is 16.8 Å². The van der Waals surface area contributed by atoms with Gasteiger partial charge in [-0.25, -0.2) is 0 Å². The van der Waals surface area contributed by atoms with Crippen molar-refractivity contribution >= 4 is 60.9 Å². The lowest BCUT2D eigenvalue weighted by atomic mass is 9.93. The van der Waals surface area contributed by atoms with Crippen molar-refractivity contribution in [1.29, 1.82) is 0 Å². The highest BCUT2D eigenvalue weighted by atomic mass is 15.2.